The molecular weight excluding hydrogens is 174 g/mol. The number of benzene rings is 1. The first kappa shape index (κ1) is 11.1. The average molecular weight is 193 g/mol. The smallest absolute Gasteiger partial charge is 0.120 e. The largest absolute Gasteiger partial charge is 0.508 e. The molecule has 0 aliphatic heterocycles. The van der Waals surface area contributed by atoms with E-state index in [-0.39, 0.29) is 6.04 Å². The van der Waals surface area contributed by atoms with E-state index in [9.17, 15) is 5.11 Å². The Morgan fingerprint density at radius 1 is 1.36 bits per heavy atom. The van der Waals surface area contributed by atoms with Crippen LogP contribution in [0.15, 0.2) is 18.2 Å². The molecule has 14 heavy (non-hydrogen) atoms. The van der Waals surface area contributed by atoms with Crippen LogP contribution in [0.4, 0.5) is 0 Å². The average Bonchev–Trinajstić information content (AvgIpc) is 2.16. The third-order valence-electron chi connectivity index (χ3n) is 2.58. The van der Waals surface area contributed by atoms with Crippen molar-refractivity contribution in [3.05, 3.63) is 29.3 Å². The zero-order chi connectivity index (χ0) is 10.7. The van der Waals surface area contributed by atoms with Crippen molar-refractivity contribution in [2.24, 2.45) is 11.7 Å². The first-order valence-corrected chi connectivity index (χ1v) is 5.13. The molecule has 0 fully saturated rings. The molecule has 0 aromatic heterocycles. The summed E-state index contributed by atoms with van der Waals surface area (Å²) in [4.78, 5) is 0. The maximum absolute atomic E-state index is 9.76. The minimum atomic E-state index is -0.0825. The molecule has 0 aliphatic carbocycles. The highest BCUT2D eigenvalue weighted by Gasteiger charge is 2.14. The predicted octanol–water partition coefficient (Wildman–Crippen LogP) is 2.61. The van der Waals surface area contributed by atoms with E-state index in [4.69, 9.17) is 5.73 Å². The number of aromatic hydroxyl groups is 1. The quantitative estimate of drug-likeness (QED) is 0.775. The topological polar surface area (TPSA) is 46.2 Å². The summed E-state index contributed by atoms with van der Waals surface area (Å²) in [7, 11) is 0. The van der Waals surface area contributed by atoms with Crippen molar-refractivity contribution in [1.82, 2.24) is 0 Å². The molecule has 3 N–H and O–H groups in total. The van der Waals surface area contributed by atoms with E-state index in [0.29, 0.717) is 11.7 Å². The molecule has 0 unspecified atom stereocenters. The summed E-state index contributed by atoms with van der Waals surface area (Å²) >= 11 is 0. The number of rotatable bonds is 3. The lowest BCUT2D eigenvalue weighted by molar-refractivity contribution is 0.439. The molecule has 2 nitrogen and oxygen atoms in total. The first-order chi connectivity index (χ1) is 6.56. The van der Waals surface area contributed by atoms with Crippen molar-refractivity contribution in [2.75, 3.05) is 0 Å². The third-order valence-corrected chi connectivity index (χ3v) is 2.58. The van der Waals surface area contributed by atoms with Gasteiger partial charge in [0.15, 0.2) is 0 Å². The van der Waals surface area contributed by atoms with Gasteiger partial charge in [0.05, 0.1) is 0 Å². The Labute approximate surface area is 85.8 Å². The molecule has 0 amide bonds. The molecule has 0 radical (unpaired) electrons. The van der Waals surface area contributed by atoms with Crippen molar-refractivity contribution in [1.29, 1.82) is 0 Å². The van der Waals surface area contributed by atoms with Crippen molar-refractivity contribution < 1.29 is 5.11 Å². The molecule has 78 valence electrons. The van der Waals surface area contributed by atoms with Crippen molar-refractivity contribution >= 4 is 0 Å². The Morgan fingerprint density at radius 2 is 2.00 bits per heavy atom. The van der Waals surface area contributed by atoms with Gasteiger partial charge in [0.1, 0.15) is 5.75 Å². The summed E-state index contributed by atoms with van der Waals surface area (Å²) in [5.74, 6) is 0.666. The van der Waals surface area contributed by atoms with Crippen molar-refractivity contribution in [3.8, 4) is 5.75 Å². The van der Waals surface area contributed by atoms with Crippen LogP contribution in [0.2, 0.25) is 0 Å². The molecular formula is C12H19NO. The van der Waals surface area contributed by atoms with Crippen LogP contribution < -0.4 is 5.73 Å². The van der Waals surface area contributed by atoms with E-state index in [2.05, 4.69) is 20.8 Å². The van der Waals surface area contributed by atoms with E-state index in [1.54, 1.807) is 6.07 Å². The fourth-order valence-corrected chi connectivity index (χ4v) is 1.45. The van der Waals surface area contributed by atoms with Crippen LogP contribution in [0.3, 0.4) is 0 Å². The molecule has 0 aliphatic rings. The third kappa shape index (κ3) is 2.26. The number of phenols is 1. The SMILES string of the molecule is CCc1ccc([C@H](N)C(C)C)c(O)c1. The second kappa shape index (κ2) is 4.47. The molecule has 1 atom stereocenters. The number of phenolic OH excluding ortho intramolecular Hbond substituents is 1. The number of hydrogen-bond donors (Lipinski definition) is 2. The Bertz CT molecular complexity index is 307. The Kier molecular flexibility index (Phi) is 3.53. The van der Waals surface area contributed by atoms with Gasteiger partial charge in [-0.25, -0.2) is 0 Å². The van der Waals surface area contributed by atoms with Gasteiger partial charge in [-0.1, -0.05) is 32.9 Å². The number of nitrogens with two attached hydrogens (primary N) is 1. The van der Waals surface area contributed by atoms with Gasteiger partial charge in [0.25, 0.3) is 0 Å². The Hall–Kier alpha value is -1.02. The van der Waals surface area contributed by atoms with Gasteiger partial charge in [0, 0.05) is 11.6 Å². The van der Waals surface area contributed by atoms with Gasteiger partial charge < -0.3 is 10.8 Å². The maximum atomic E-state index is 9.76. The highest BCUT2D eigenvalue weighted by molar-refractivity contribution is 5.38. The lowest BCUT2D eigenvalue weighted by Gasteiger charge is -2.17. The standard InChI is InChI=1S/C12H19NO/c1-4-9-5-6-10(11(14)7-9)12(13)8(2)3/h5-8,12,14H,4,13H2,1-3H3/t12-/m1/s1. The van der Waals surface area contributed by atoms with Crippen molar-refractivity contribution in [3.63, 3.8) is 0 Å². The first-order valence-electron chi connectivity index (χ1n) is 5.13. The van der Waals surface area contributed by atoms with Gasteiger partial charge in [-0.2, -0.15) is 0 Å². The van der Waals surface area contributed by atoms with Gasteiger partial charge in [-0.15, -0.1) is 0 Å². The van der Waals surface area contributed by atoms with Crippen LogP contribution in [0.5, 0.6) is 5.75 Å². The predicted molar refractivity (Wildman–Crippen MR) is 59.3 cm³/mol. The van der Waals surface area contributed by atoms with E-state index < -0.39 is 0 Å². The second-order valence-corrected chi connectivity index (χ2v) is 4.02. The lowest BCUT2D eigenvalue weighted by Crippen LogP contribution is -2.16. The zero-order valence-electron chi connectivity index (χ0n) is 9.12. The number of hydrogen-bond acceptors (Lipinski definition) is 2. The molecule has 0 heterocycles. The Morgan fingerprint density at radius 3 is 2.43 bits per heavy atom. The number of aryl methyl sites for hydroxylation is 1. The molecule has 0 saturated heterocycles. The van der Waals surface area contributed by atoms with Gasteiger partial charge in [-0.05, 0) is 24.0 Å². The highest BCUT2D eigenvalue weighted by Crippen LogP contribution is 2.28. The zero-order valence-corrected chi connectivity index (χ0v) is 9.12. The van der Waals surface area contributed by atoms with Crippen LogP contribution in [0.1, 0.15) is 37.9 Å². The van der Waals surface area contributed by atoms with E-state index >= 15 is 0 Å². The molecule has 1 rings (SSSR count). The summed E-state index contributed by atoms with van der Waals surface area (Å²) in [5, 5.41) is 9.76. The summed E-state index contributed by atoms with van der Waals surface area (Å²) in [5.41, 5.74) is 7.96. The van der Waals surface area contributed by atoms with Crippen LogP contribution in [-0.2, 0) is 6.42 Å². The van der Waals surface area contributed by atoms with Gasteiger partial charge in [0.2, 0.25) is 0 Å². The normalized spacial score (nSPS) is 13.2. The van der Waals surface area contributed by atoms with Gasteiger partial charge >= 0.3 is 0 Å². The van der Waals surface area contributed by atoms with E-state index in [0.717, 1.165) is 17.5 Å². The molecule has 1 aromatic rings. The van der Waals surface area contributed by atoms with Crippen LogP contribution >= 0.6 is 0 Å². The second-order valence-electron chi connectivity index (χ2n) is 4.02. The fourth-order valence-electron chi connectivity index (χ4n) is 1.45. The Balaban J connectivity index is 2.99. The van der Waals surface area contributed by atoms with Crippen LogP contribution in [0.25, 0.3) is 0 Å². The molecule has 0 saturated carbocycles. The van der Waals surface area contributed by atoms with Gasteiger partial charge in [-0.3, -0.25) is 0 Å². The minimum Gasteiger partial charge on any atom is -0.508 e. The fraction of sp³-hybridized carbons (Fsp3) is 0.500. The maximum Gasteiger partial charge on any atom is 0.120 e. The van der Waals surface area contributed by atoms with E-state index in [1.165, 1.54) is 0 Å². The summed E-state index contributed by atoms with van der Waals surface area (Å²) in [6.45, 7) is 6.17. The molecule has 2 heteroatoms. The van der Waals surface area contributed by atoms with Crippen LogP contribution in [0, 0.1) is 5.92 Å². The van der Waals surface area contributed by atoms with E-state index in [1.807, 2.05) is 12.1 Å². The monoisotopic (exact) mass is 193 g/mol. The van der Waals surface area contributed by atoms with Crippen molar-refractivity contribution in [2.45, 2.75) is 33.2 Å². The highest BCUT2D eigenvalue weighted by atomic mass is 16.3. The summed E-state index contributed by atoms with van der Waals surface area (Å²) in [6, 6.07) is 5.68. The molecule has 0 bridgehead atoms. The lowest BCUT2D eigenvalue weighted by atomic mass is 9.95. The summed E-state index contributed by atoms with van der Waals surface area (Å²) < 4.78 is 0. The summed E-state index contributed by atoms with van der Waals surface area (Å²) in [6.07, 6.45) is 0.935. The van der Waals surface area contributed by atoms with Crippen LogP contribution in [-0.4, -0.2) is 5.11 Å². The molecule has 0 spiro atoms. The molecule has 1 aromatic carbocycles. The minimum absolute atomic E-state index is 0.0825.